The van der Waals surface area contributed by atoms with Crippen molar-refractivity contribution in [2.45, 2.75) is 135 Å². The number of rotatable bonds is 16. The van der Waals surface area contributed by atoms with Gasteiger partial charge in [0.25, 0.3) is 0 Å². The van der Waals surface area contributed by atoms with Crippen LogP contribution in [0, 0.1) is 47.3 Å². The molecule has 12 nitrogen and oxygen atoms in total. The van der Waals surface area contributed by atoms with Crippen LogP contribution in [-0.4, -0.2) is 68.5 Å². The molecule has 0 amide bonds. The monoisotopic (exact) mass is 1030 g/mol. The summed E-state index contributed by atoms with van der Waals surface area (Å²) < 4.78 is 32.8. The number of ether oxygens (including phenoxy) is 4. The van der Waals surface area contributed by atoms with E-state index in [0.29, 0.717) is 69.0 Å². The van der Waals surface area contributed by atoms with Gasteiger partial charge in [0.05, 0.1) is 21.9 Å². The molecule has 0 fully saturated rings. The first-order chi connectivity index (χ1) is 35.2. The van der Waals surface area contributed by atoms with Crippen LogP contribution in [0.1, 0.15) is 133 Å². The van der Waals surface area contributed by atoms with E-state index in [1.165, 1.54) is 0 Å². The van der Waals surface area contributed by atoms with Gasteiger partial charge in [-0.05, 0) is 71.6 Å². The fraction of sp³-hybridized carbons (Fsp3) is 0.467. The molecule has 386 valence electrons. The number of benzene rings is 4. The molecule has 0 atom stereocenters. The molecule has 2 aromatic heterocycles. The van der Waals surface area contributed by atoms with E-state index in [0.717, 1.165) is 43.8 Å². The van der Waals surface area contributed by atoms with E-state index < -0.39 is 13.7 Å². The molecular weight excluding hydrogens is 959 g/mol. The molecule has 4 aliphatic heterocycles. The van der Waals surface area contributed by atoms with Crippen molar-refractivity contribution < 1.29 is 18.9 Å². The third-order valence-electron chi connectivity index (χ3n) is 14.9. The van der Waals surface area contributed by atoms with E-state index in [-0.39, 0.29) is 71.8 Å². The van der Waals surface area contributed by atoms with Gasteiger partial charge in [-0.15, -0.1) is 0 Å². The van der Waals surface area contributed by atoms with Crippen LogP contribution in [0.15, 0.2) is 103 Å². The number of amidine groups is 4. The molecule has 0 radical (unpaired) electrons. The normalized spacial score (nSPS) is 14.9. The van der Waals surface area contributed by atoms with E-state index in [4.69, 9.17) is 59.0 Å². The summed E-state index contributed by atoms with van der Waals surface area (Å²) in [6, 6.07) is 24.6. The molecule has 4 aliphatic rings. The molecule has 14 heteroatoms. The molecule has 6 bridgehead atoms. The summed E-state index contributed by atoms with van der Waals surface area (Å²) in [6.07, 6.45) is -0.365. The highest BCUT2D eigenvalue weighted by Gasteiger charge is 2.41. The smallest absolute Gasteiger partial charge is 0.489 e. The van der Waals surface area contributed by atoms with Crippen LogP contribution in [0.25, 0.3) is 21.5 Å². The van der Waals surface area contributed by atoms with Crippen molar-refractivity contribution in [1.29, 1.82) is 0 Å². The Balaban J connectivity index is 1.40. The van der Waals surface area contributed by atoms with Gasteiger partial charge in [-0.3, -0.25) is 0 Å². The minimum atomic E-state index is -3.20. The van der Waals surface area contributed by atoms with Gasteiger partial charge in [-0.2, -0.15) is 10.0 Å². The Morgan fingerprint density at radius 1 is 0.365 bits per heavy atom. The maximum Gasteiger partial charge on any atom is 0.722 e. The zero-order chi connectivity index (χ0) is 52.8. The van der Waals surface area contributed by atoms with Gasteiger partial charge in [0.1, 0.15) is 70.0 Å². The van der Waals surface area contributed by atoms with E-state index in [1.54, 1.807) is 0 Å². The van der Waals surface area contributed by atoms with Gasteiger partial charge in [-0.25, -0.2) is 30.0 Å². The predicted molar refractivity (Wildman–Crippen MR) is 303 cm³/mol. The maximum absolute atomic E-state index is 8.48. The molecule has 6 aromatic rings. The molecular formula is C60H72AlClN8O4. The first-order valence-electron chi connectivity index (χ1n) is 27.0. The number of hydrogen-bond acceptors (Lipinski definition) is 10. The number of halogens is 1. The molecule has 10 rings (SSSR count). The van der Waals surface area contributed by atoms with Crippen molar-refractivity contribution >= 4 is 80.2 Å². The first-order valence-corrected chi connectivity index (χ1v) is 29.7. The van der Waals surface area contributed by atoms with E-state index in [2.05, 4.69) is 142 Å². The molecule has 0 spiro atoms. The quantitative estimate of drug-likeness (QED) is 0.0896. The Kier molecular flexibility index (Phi) is 14.0. The van der Waals surface area contributed by atoms with Crippen LogP contribution in [0.3, 0.4) is 0 Å². The first kappa shape index (κ1) is 51.7. The van der Waals surface area contributed by atoms with Crippen molar-refractivity contribution in [3.63, 3.8) is 0 Å². The zero-order valence-electron chi connectivity index (χ0n) is 46.0. The standard InChI is InChI=1S/C60H72N8O4.Al.ClH/c1-29(2)49(30(3)4)69-41-25-17-21-37-45(41)57-61-53(37)66-58-47-39(23-19-27-43(47)71-51(33(9)10)34(11)12)55(63-58)68-60-48-40(24-20-28-44(48)72-52(35(13)14)36(15)16)56(64-60)67-59-46-38(54(62-59)65-57)22-18-26-42(46)70-50(31(5)6)32(7)8;;/h17-36,49-52H,1-16H3;;1H/q-2;+3;/p-1. The lowest BCUT2D eigenvalue weighted by Gasteiger charge is -2.27. The fourth-order valence-electron chi connectivity index (χ4n) is 11.8. The molecule has 6 heterocycles. The second-order valence-electron chi connectivity index (χ2n) is 23.3. The van der Waals surface area contributed by atoms with E-state index in [9.17, 15) is 0 Å². The SMILES string of the molecule is CC(C)C(Oc1cccc2c1C1=NC2=Nc2c3c(OC(C(C)C)C(C)C)cccc3c3[n]2[Al]([Cl])[n]2c(c4cccc(OC(C(C)C)C(C)C)c4c2=NC2=NC(=N3)c3c(OC(C(C)C)C(C)C)cccc32)=N1)C(C)C. The minimum Gasteiger partial charge on any atom is -0.489 e. The van der Waals surface area contributed by atoms with Gasteiger partial charge < -0.3 is 26.0 Å². The number of aromatic nitrogens is 2. The van der Waals surface area contributed by atoms with Crippen LogP contribution in [-0.2, 0) is 0 Å². The minimum absolute atomic E-state index is 0.0747. The summed E-state index contributed by atoms with van der Waals surface area (Å²) in [7, 11) is 8.48. The molecule has 74 heavy (non-hydrogen) atoms. The molecule has 0 unspecified atom stereocenters. The maximum atomic E-state index is 8.48. The Hall–Kier alpha value is -5.74. The largest absolute Gasteiger partial charge is 0.722 e. The van der Waals surface area contributed by atoms with Crippen LogP contribution >= 0.6 is 10.0 Å². The Labute approximate surface area is 445 Å². The van der Waals surface area contributed by atoms with Gasteiger partial charge in [0, 0.05) is 21.9 Å². The van der Waals surface area contributed by atoms with Gasteiger partial charge in [-0.1, -0.05) is 159 Å². The van der Waals surface area contributed by atoms with Crippen molar-refractivity contribution in [2.24, 2.45) is 77.3 Å². The lowest BCUT2D eigenvalue weighted by Crippen LogP contribution is -2.43. The summed E-state index contributed by atoms with van der Waals surface area (Å²) in [5.41, 5.74) is 4.32. The summed E-state index contributed by atoms with van der Waals surface area (Å²) >= 11 is -3.20. The molecule has 4 aromatic carbocycles. The third kappa shape index (κ3) is 8.88. The lowest BCUT2D eigenvalue weighted by molar-refractivity contribution is 0.105. The third-order valence-corrected chi connectivity index (χ3v) is 17.9. The zero-order valence-corrected chi connectivity index (χ0v) is 47.9. The summed E-state index contributed by atoms with van der Waals surface area (Å²) in [5, 5.41) is 3.19. The highest BCUT2D eigenvalue weighted by Crippen LogP contribution is 2.47. The molecule has 0 aliphatic carbocycles. The number of fused-ring (bicyclic) bond motifs is 14. The number of hydrogen-bond donors (Lipinski definition) is 0. The van der Waals surface area contributed by atoms with Crippen LogP contribution in [0.2, 0.25) is 0 Å². The molecule has 0 saturated heterocycles. The highest BCUT2D eigenvalue weighted by atomic mass is 35.6. The summed E-state index contributed by atoms with van der Waals surface area (Å²) in [4.78, 5) is 33.5. The van der Waals surface area contributed by atoms with Crippen LogP contribution < -0.4 is 29.9 Å². The summed E-state index contributed by atoms with van der Waals surface area (Å²) in [5.74, 6) is 7.70. The Morgan fingerprint density at radius 2 is 0.730 bits per heavy atom. The van der Waals surface area contributed by atoms with Gasteiger partial charge in [0.2, 0.25) is 0 Å². The second kappa shape index (κ2) is 20.1. The van der Waals surface area contributed by atoms with Crippen molar-refractivity contribution in [1.82, 2.24) is 7.10 Å². The topological polar surface area (TPSA) is 121 Å². The van der Waals surface area contributed by atoms with Crippen LogP contribution in [0.5, 0.6) is 23.0 Å². The number of nitrogens with zero attached hydrogens (tertiary/aromatic N) is 8. The van der Waals surface area contributed by atoms with E-state index >= 15 is 0 Å². The Bertz CT molecular complexity index is 3420. The summed E-state index contributed by atoms with van der Waals surface area (Å²) in [6.45, 7) is 35.3. The highest BCUT2D eigenvalue weighted by molar-refractivity contribution is 7.05. The fourth-order valence-corrected chi connectivity index (χ4v) is 14.7. The number of aliphatic imine (C=N–C) groups is 4. The average Bonchev–Trinajstić information content (AvgIpc) is 4.08. The lowest BCUT2D eigenvalue weighted by atomic mass is 9.96. The van der Waals surface area contributed by atoms with Crippen molar-refractivity contribution in [2.75, 3.05) is 0 Å². The van der Waals surface area contributed by atoms with Gasteiger partial charge in [0.15, 0.2) is 23.3 Å². The molecule has 0 saturated carbocycles. The Morgan fingerprint density at radius 3 is 1.22 bits per heavy atom. The second-order valence-corrected chi connectivity index (χ2v) is 26.1. The average molecular weight is 1030 g/mol. The van der Waals surface area contributed by atoms with Crippen molar-refractivity contribution in [3.05, 3.63) is 106 Å². The predicted octanol–water partition coefficient (Wildman–Crippen LogP) is 13.4. The van der Waals surface area contributed by atoms with E-state index in [1.807, 2.05) is 48.5 Å². The van der Waals surface area contributed by atoms with Crippen molar-refractivity contribution in [3.8, 4) is 23.0 Å². The van der Waals surface area contributed by atoms with Gasteiger partial charge >= 0.3 is 13.7 Å². The molecule has 0 N–H and O–H groups in total. The van der Waals surface area contributed by atoms with Crippen LogP contribution in [0.4, 0.5) is 11.6 Å².